The zero-order valence-electron chi connectivity index (χ0n) is 17.7. The van der Waals surface area contributed by atoms with Gasteiger partial charge in [-0.2, -0.15) is 0 Å². The molecule has 0 saturated carbocycles. The van der Waals surface area contributed by atoms with Gasteiger partial charge in [0.25, 0.3) is 5.91 Å². The van der Waals surface area contributed by atoms with Gasteiger partial charge >= 0.3 is 0 Å². The number of benzene rings is 1. The topological polar surface area (TPSA) is 93.9 Å². The summed E-state index contributed by atoms with van der Waals surface area (Å²) in [6, 6.07) is 7.88. The SMILES string of the molecule is COc1ccc(C2C(C(=O)c3cccs3)=C(O)C(=O)N2CCCn2ccnc2)c(OC)c1. The lowest BCUT2D eigenvalue weighted by Crippen LogP contribution is -2.32. The third-order valence-electron chi connectivity index (χ3n) is 5.40. The quantitative estimate of drug-likeness (QED) is 0.497. The van der Waals surface area contributed by atoms with Crippen LogP contribution in [0.2, 0.25) is 0 Å². The van der Waals surface area contributed by atoms with Crippen LogP contribution in [0.3, 0.4) is 0 Å². The maximum atomic E-state index is 13.3. The standard InChI is InChI=1S/C23H23N3O5S/c1-30-15-6-7-16(17(13-15)31-2)20-19(21(27)18-5-3-12-32-18)22(28)23(29)26(20)10-4-9-25-11-8-24-14-25/h3,5-8,11-14,20,28H,4,9-10H2,1-2H3. The molecule has 166 valence electrons. The number of aryl methyl sites for hydroxylation is 1. The van der Waals surface area contributed by atoms with Crippen molar-refractivity contribution in [2.45, 2.75) is 19.0 Å². The number of imidazole rings is 1. The second-order valence-electron chi connectivity index (χ2n) is 7.23. The first kappa shape index (κ1) is 21.6. The minimum absolute atomic E-state index is 0.0588. The predicted octanol–water partition coefficient (Wildman–Crippen LogP) is 3.63. The van der Waals surface area contributed by atoms with Crippen LogP contribution in [-0.4, -0.2) is 52.0 Å². The summed E-state index contributed by atoms with van der Waals surface area (Å²) < 4.78 is 12.8. The smallest absolute Gasteiger partial charge is 0.290 e. The number of hydrogen-bond donors (Lipinski definition) is 1. The van der Waals surface area contributed by atoms with Crippen LogP contribution in [0.5, 0.6) is 11.5 Å². The van der Waals surface area contributed by atoms with Crippen LogP contribution >= 0.6 is 11.3 Å². The highest BCUT2D eigenvalue weighted by atomic mass is 32.1. The first-order valence-electron chi connectivity index (χ1n) is 10.0. The maximum Gasteiger partial charge on any atom is 0.290 e. The van der Waals surface area contributed by atoms with Crippen molar-refractivity contribution in [2.24, 2.45) is 0 Å². The van der Waals surface area contributed by atoms with Crippen LogP contribution in [0.25, 0.3) is 0 Å². The van der Waals surface area contributed by atoms with Crippen molar-refractivity contribution in [1.29, 1.82) is 0 Å². The first-order chi connectivity index (χ1) is 15.5. The molecule has 0 saturated heterocycles. The van der Waals surface area contributed by atoms with Gasteiger partial charge in [0.05, 0.1) is 37.0 Å². The number of thiophene rings is 1. The van der Waals surface area contributed by atoms with Gasteiger partial charge in [-0.15, -0.1) is 11.3 Å². The van der Waals surface area contributed by atoms with Crippen LogP contribution in [-0.2, 0) is 11.3 Å². The number of amides is 1. The molecule has 1 aliphatic rings. The lowest BCUT2D eigenvalue weighted by molar-refractivity contribution is -0.129. The van der Waals surface area contributed by atoms with E-state index in [9.17, 15) is 14.7 Å². The van der Waals surface area contributed by atoms with Crippen molar-refractivity contribution >= 4 is 23.0 Å². The van der Waals surface area contributed by atoms with Gasteiger partial charge < -0.3 is 24.0 Å². The molecule has 1 aromatic carbocycles. The molecule has 3 aromatic rings. The number of rotatable bonds is 9. The Hall–Kier alpha value is -3.59. The molecular weight excluding hydrogens is 430 g/mol. The molecule has 32 heavy (non-hydrogen) atoms. The number of methoxy groups -OCH3 is 2. The molecule has 2 aromatic heterocycles. The highest BCUT2D eigenvalue weighted by Crippen LogP contribution is 2.43. The maximum absolute atomic E-state index is 13.3. The molecule has 0 bridgehead atoms. The number of nitrogens with zero attached hydrogens (tertiary/aromatic N) is 3. The van der Waals surface area contributed by atoms with Crippen molar-refractivity contribution in [3.8, 4) is 11.5 Å². The fourth-order valence-corrected chi connectivity index (χ4v) is 4.54. The molecule has 0 spiro atoms. The third-order valence-corrected chi connectivity index (χ3v) is 6.27. The van der Waals surface area contributed by atoms with Crippen LogP contribution in [0.1, 0.15) is 27.7 Å². The van der Waals surface area contributed by atoms with Gasteiger partial charge in [0.2, 0.25) is 5.78 Å². The van der Waals surface area contributed by atoms with Crippen molar-refractivity contribution in [1.82, 2.24) is 14.5 Å². The number of carbonyl (C=O) groups is 2. The highest BCUT2D eigenvalue weighted by Gasteiger charge is 2.44. The summed E-state index contributed by atoms with van der Waals surface area (Å²) in [6.07, 6.45) is 5.86. The molecule has 1 unspecified atom stereocenters. The van der Waals surface area contributed by atoms with Crippen molar-refractivity contribution in [3.63, 3.8) is 0 Å². The van der Waals surface area contributed by atoms with E-state index in [0.717, 1.165) is 0 Å². The summed E-state index contributed by atoms with van der Waals surface area (Å²) >= 11 is 1.27. The van der Waals surface area contributed by atoms with Crippen molar-refractivity contribution < 1.29 is 24.2 Å². The Morgan fingerprint density at radius 2 is 2.06 bits per heavy atom. The Morgan fingerprint density at radius 1 is 1.22 bits per heavy atom. The van der Waals surface area contributed by atoms with E-state index < -0.39 is 17.7 Å². The number of ketones is 1. The molecule has 1 atom stereocenters. The number of aromatic nitrogens is 2. The summed E-state index contributed by atoms with van der Waals surface area (Å²) in [7, 11) is 3.07. The Kier molecular flexibility index (Phi) is 6.27. The van der Waals surface area contributed by atoms with E-state index in [1.807, 2.05) is 10.8 Å². The lowest BCUT2D eigenvalue weighted by atomic mass is 9.94. The largest absolute Gasteiger partial charge is 0.503 e. The molecule has 3 heterocycles. The van der Waals surface area contributed by atoms with Crippen LogP contribution in [0.4, 0.5) is 0 Å². The van der Waals surface area contributed by atoms with E-state index in [4.69, 9.17) is 9.47 Å². The number of carbonyl (C=O) groups excluding carboxylic acids is 2. The summed E-state index contributed by atoms with van der Waals surface area (Å²) in [5.41, 5.74) is 0.664. The monoisotopic (exact) mass is 453 g/mol. The second kappa shape index (κ2) is 9.27. The van der Waals surface area contributed by atoms with Gasteiger partial charge in [0.1, 0.15) is 11.5 Å². The van der Waals surface area contributed by atoms with Crippen LogP contribution < -0.4 is 9.47 Å². The predicted molar refractivity (Wildman–Crippen MR) is 119 cm³/mol. The van der Waals surface area contributed by atoms with E-state index in [-0.39, 0.29) is 11.4 Å². The van der Waals surface area contributed by atoms with Crippen molar-refractivity contribution in [3.05, 3.63) is 76.2 Å². The molecule has 1 N–H and O–H groups in total. The molecule has 1 aliphatic heterocycles. The van der Waals surface area contributed by atoms with Crippen LogP contribution in [0.15, 0.2) is 65.8 Å². The lowest BCUT2D eigenvalue weighted by Gasteiger charge is -2.28. The second-order valence-corrected chi connectivity index (χ2v) is 8.18. The Labute approximate surface area is 189 Å². The first-order valence-corrected chi connectivity index (χ1v) is 10.9. The molecule has 1 amide bonds. The average molecular weight is 454 g/mol. The number of aliphatic hydroxyl groups excluding tert-OH is 1. The molecule has 0 radical (unpaired) electrons. The summed E-state index contributed by atoms with van der Waals surface area (Å²) in [4.78, 5) is 32.4. The highest BCUT2D eigenvalue weighted by molar-refractivity contribution is 7.12. The fraction of sp³-hybridized carbons (Fsp3) is 0.261. The zero-order chi connectivity index (χ0) is 22.7. The number of ether oxygens (including phenoxy) is 2. The molecule has 9 heteroatoms. The summed E-state index contributed by atoms with van der Waals surface area (Å²) in [6.45, 7) is 0.980. The minimum Gasteiger partial charge on any atom is -0.503 e. The number of Topliss-reactive ketones (excluding diaryl/α,β-unsaturated/α-hetero) is 1. The van der Waals surface area contributed by atoms with E-state index in [1.165, 1.54) is 23.3 Å². The molecular formula is C23H23N3O5S. The van der Waals surface area contributed by atoms with Gasteiger partial charge in [-0.3, -0.25) is 9.59 Å². The van der Waals surface area contributed by atoms with Gasteiger partial charge in [-0.1, -0.05) is 6.07 Å². The van der Waals surface area contributed by atoms with Gasteiger partial charge in [-0.05, 0) is 30.0 Å². The van der Waals surface area contributed by atoms with E-state index in [2.05, 4.69) is 4.98 Å². The number of aliphatic hydroxyl groups is 1. The van der Waals surface area contributed by atoms with E-state index >= 15 is 0 Å². The number of hydrogen-bond acceptors (Lipinski definition) is 7. The summed E-state index contributed by atoms with van der Waals surface area (Å²) in [5, 5.41) is 12.6. The minimum atomic E-state index is -0.777. The van der Waals surface area contributed by atoms with E-state index in [0.29, 0.717) is 41.4 Å². The Morgan fingerprint density at radius 3 is 2.72 bits per heavy atom. The van der Waals surface area contributed by atoms with Crippen LogP contribution in [0, 0.1) is 0 Å². The Bertz CT molecular complexity index is 1140. The fourth-order valence-electron chi connectivity index (χ4n) is 3.87. The van der Waals surface area contributed by atoms with E-state index in [1.54, 1.807) is 55.3 Å². The Balaban J connectivity index is 1.73. The third kappa shape index (κ3) is 3.99. The van der Waals surface area contributed by atoms with Gasteiger partial charge in [-0.25, -0.2) is 4.98 Å². The molecule has 0 fully saturated rings. The van der Waals surface area contributed by atoms with Gasteiger partial charge in [0, 0.05) is 37.1 Å². The normalized spacial score (nSPS) is 16.0. The zero-order valence-corrected chi connectivity index (χ0v) is 18.5. The summed E-state index contributed by atoms with van der Waals surface area (Å²) in [5.74, 6) is -0.410. The average Bonchev–Trinajstić information content (AvgIpc) is 3.57. The molecule has 0 aliphatic carbocycles. The van der Waals surface area contributed by atoms with Gasteiger partial charge in [0.15, 0.2) is 5.76 Å². The molecule has 8 nitrogen and oxygen atoms in total. The van der Waals surface area contributed by atoms with Crippen molar-refractivity contribution in [2.75, 3.05) is 20.8 Å². The molecule has 4 rings (SSSR count).